The van der Waals surface area contributed by atoms with Crippen molar-refractivity contribution in [2.24, 2.45) is 0 Å². The predicted molar refractivity (Wildman–Crippen MR) is 74.7 cm³/mol. The third kappa shape index (κ3) is 3.59. The minimum atomic E-state index is -4.68. The Morgan fingerprint density at radius 2 is 1.91 bits per heavy atom. The number of hydrogen-bond donors (Lipinski definition) is 2. The summed E-state index contributed by atoms with van der Waals surface area (Å²) in [6.07, 6.45) is -7.74. The molecule has 0 aliphatic heterocycles. The summed E-state index contributed by atoms with van der Waals surface area (Å²) in [7, 11) is 0. The normalized spacial score (nSPS) is 13.4. The van der Waals surface area contributed by atoms with E-state index in [9.17, 15) is 18.0 Å². The quantitative estimate of drug-likeness (QED) is 0.911. The van der Waals surface area contributed by atoms with Crippen LogP contribution in [0.2, 0.25) is 0 Å². The number of aryl methyl sites for hydroxylation is 2. The maximum Gasteiger partial charge on any atom is 0.414 e. The molecule has 0 aliphatic carbocycles. The Labute approximate surface area is 124 Å². The fraction of sp³-hybridized carbons (Fsp3) is 0.400. The molecule has 0 unspecified atom stereocenters. The van der Waals surface area contributed by atoms with E-state index in [1.165, 1.54) is 6.07 Å². The minimum Gasteiger partial charge on any atom is -0.451 e. The van der Waals surface area contributed by atoms with E-state index in [0.29, 0.717) is 5.58 Å². The molecule has 0 spiro atoms. The molecule has 0 bridgehead atoms. The van der Waals surface area contributed by atoms with E-state index in [-0.39, 0.29) is 12.3 Å². The van der Waals surface area contributed by atoms with E-state index < -0.39 is 24.6 Å². The molecule has 1 amide bonds. The summed E-state index contributed by atoms with van der Waals surface area (Å²) in [6, 6.07) is 5.21. The molecule has 0 radical (unpaired) electrons. The number of halogens is 3. The van der Waals surface area contributed by atoms with Gasteiger partial charge in [-0.3, -0.25) is 4.79 Å². The third-order valence-corrected chi connectivity index (χ3v) is 3.44. The summed E-state index contributed by atoms with van der Waals surface area (Å²) in [5.74, 6) is -0.581. The number of furan rings is 1. The number of alkyl halides is 3. The monoisotopic (exact) mass is 315 g/mol. The average molecular weight is 315 g/mol. The smallest absolute Gasteiger partial charge is 0.414 e. The highest BCUT2D eigenvalue weighted by molar-refractivity contribution is 5.96. The van der Waals surface area contributed by atoms with Gasteiger partial charge in [0.05, 0.1) is 0 Å². The summed E-state index contributed by atoms with van der Waals surface area (Å²) in [6.45, 7) is 3.55. The SMILES string of the molecule is Cc1cc2cc(C(=O)NCC[C@@H](O)C(F)(F)F)oc2cc1C. The molecule has 2 rings (SSSR count). The molecule has 0 fully saturated rings. The van der Waals surface area contributed by atoms with Crippen LogP contribution in [0.25, 0.3) is 11.0 Å². The van der Waals surface area contributed by atoms with Gasteiger partial charge < -0.3 is 14.8 Å². The molecular weight excluding hydrogens is 299 g/mol. The summed E-state index contributed by atoms with van der Waals surface area (Å²) in [4.78, 5) is 11.8. The van der Waals surface area contributed by atoms with Crippen LogP contribution in [0, 0.1) is 13.8 Å². The van der Waals surface area contributed by atoms with Crippen molar-refractivity contribution in [3.63, 3.8) is 0 Å². The fourth-order valence-corrected chi connectivity index (χ4v) is 1.99. The van der Waals surface area contributed by atoms with Crippen LogP contribution in [0.3, 0.4) is 0 Å². The lowest BCUT2D eigenvalue weighted by Crippen LogP contribution is -2.33. The largest absolute Gasteiger partial charge is 0.451 e. The first-order chi connectivity index (χ1) is 10.2. The average Bonchev–Trinajstić information content (AvgIpc) is 2.80. The molecular formula is C15H16F3NO3. The first-order valence-corrected chi connectivity index (χ1v) is 6.72. The summed E-state index contributed by atoms with van der Waals surface area (Å²) >= 11 is 0. The Bertz CT molecular complexity index is 652. The third-order valence-electron chi connectivity index (χ3n) is 3.44. The van der Waals surface area contributed by atoms with Crippen molar-refractivity contribution in [3.05, 3.63) is 35.1 Å². The van der Waals surface area contributed by atoms with Crippen molar-refractivity contribution in [3.8, 4) is 0 Å². The summed E-state index contributed by atoms with van der Waals surface area (Å²) in [5.41, 5.74) is 2.61. The van der Waals surface area contributed by atoms with Gasteiger partial charge in [-0.15, -0.1) is 0 Å². The number of carbonyl (C=O) groups is 1. The van der Waals surface area contributed by atoms with Crippen molar-refractivity contribution in [1.82, 2.24) is 5.32 Å². The van der Waals surface area contributed by atoms with E-state index >= 15 is 0 Å². The zero-order valence-corrected chi connectivity index (χ0v) is 12.1. The van der Waals surface area contributed by atoms with Gasteiger partial charge >= 0.3 is 6.18 Å². The number of amides is 1. The number of carbonyl (C=O) groups excluding carboxylic acids is 1. The Kier molecular flexibility index (Phi) is 4.46. The first-order valence-electron chi connectivity index (χ1n) is 6.72. The molecule has 0 saturated carbocycles. The van der Waals surface area contributed by atoms with Crippen molar-refractivity contribution < 1.29 is 27.5 Å². The highest BCUT2D eigenvalue weighted by Gasteiger charge is 2.37. The van der Waals surface area contributed by atoms with Crippen LogP contribution < -0.4 is 5.32 Å². The molecule has 0 aliphatic rings. The topological polar surface area (TPSA) is 62.5 Å². The van der Waals surface area contributed by atoms with Gasteiger partial charge in [0.1, 0.15) is 5.58 Å². The van der Waals surface area contributed by atoms with Crippen LogP contribution in [0.1, 0.15) is 28.1 Å². The van der Waals surface area contributed by atoms with Crippen molar-refractivity contribution in [2.45, 2.75) is 32.5 Å². The number of fused-ring (bicyclic) bond motifs is 1. The van der Waals surface area contributed by atoms with Crippen molar-refractivity contribution in [1.29, 1.82) is 0 Å². The summed E-state index contributed by atoms with van der Waals surface area (Å²) < 4.78 is 41.8. The van der Waals surface area contributed by atoms with Crippen LogP contribution in [-0.2, 0) is 0 Å². The number of aliphatic hydroxyl groups is 1. The van der Waals surface area contributed by atoms with E-state index in [1.54, 1.807) is 6.07 Å². The van der Waals surface area contributed by atoms with Gasteiger partial charge in [-0.05, 0) is 49.6 Å². The second-order valence-electron chi connectivity index (χ2n) is 5.19. The van der Waals surface area contributed by atoms with Gasteiger partial charge in [0.2, 0.25) is 0 Å². The zero-order valence-electron chi connectivity index (χ0n) is 12.1. The van der Waals surface area contributed by atoms with Gasteiger partial charge in [0, 0.05) is 11.9 Å². The molecule has 4 nitrogen and oxygen atoms in total. The van der Waals surface area contributed by atoms with Crippen LogP contribution in [0.5, 0.6) is 0 Å². The van der Waals surface area contributed by atoms with Gasteiger partial charge in [0.25, 0.3) is 5.91 Å². The Hall–Kier alpha value is -2.02. The molecule has 7 heteroatoms. The van der Waals surface area contributed by atoms with Gasteiger partial charge in [0.15, 0.2) is 11.9 Å². The molecule has 2 N–H and O–H groups in total. The van der Waals surface area contributed by atoms with Crippen LogP contribution >= 0.6 is 0 Å². The molecule has 120 valence electrons. The van der Waals surface area contributed by atoms with E-state index in [0.717, 1.165) is 16.5 Å². The molecule has 1 heterocycles. The zero-order chi connectivity index (χ0) is 16.5. The Balaban J connectivity index is 2.01. The van der Waals surface area contributed by atoms with Crippen LogP contribution in [0.15, 0.2) is 22.6 Å². The molecule has 1 atom stereocenters. The number of benzene rings is 1. The second-order valence-corrected chi connectivity index (χ2v) is 5.19. The van der Waals surface area contributed by atoms with Gasteiger partial charge in [-0.25, -0.2) is 0 Å². The van der Waals surface area contributed by atoms with Gasteiger partial charge in [-0.1, -0.05) is 0 Å². The molecule has 22 heavy (non-hydrogen) atoms. The number of hydrogen-bond acceptors (Lipinski definition) is 3. The number of aliphatic hydroxyl groups excluding tert-OH is 1. The second kappa shape index (κ2) is 6.00. The Morgan fingerprint density at radius 3 is 2.55 bits per heavy atom. The van der Waals surface area contributed by atoms with Crippen LogP contribution in [-0.4, -0.2) is 29.8 Å². The van der Waals surface area contributed by atoms with E-state index in [1.807, 2.05) is 19.9 Å². The predicted octanol–water partition coefficient (Wildman–Crippen LogP) is 3.09. The highest BCUT2D eigenvalue weighted by atomic mass is 19.4. The van der Waals surface area contributed by atoms with E-state index in [2.05, 4.69) is 5.32 Å². The molecule has 2 aromatic rings. The highest BCUT2D eigenvalue weighted by Crippen LogP contribution is 2.24. The fourth-order valence-electron chi connectivity index (χ4n) is 1.99. The summed E-state index contributed by atoms with van der Waals surface area (Å²) in [5, 5.41) is 11.9. The number of rotatable bonds is 4. The number of nitrogens with one attached hydrogen (secondary N) is 1. The first kappa shape index (κ1) is 16.4. The minimum absolute atomic E-state index is 0.0292. The molecule has 0 saturated heterocycles. The molecule has 1 aromatic heterocycles. The van der Waals surface area contributed by atoms with Gasteiger partial charge in [-0.2, -0.15) is 13.2 Å². The van der Waals surface area contributed by atoms with E-state index in [4.69, 9.17) is 9.52 Å². The molecule has 1 aromatic carbocycles. The lowest BCUT2D eigenvalue weighted by Gasteiger charge is -2.14. The lowest BCUT2D eigenvalue weighted by molar-refractivity contribution is -0.204. The lowest BCUT2D eigenvalue weighted by atomic mass is 10.1. The van der Waals surface area contributed by atoms with Crippen molar-refractivity contribution >= 4 is 16.9 Å². The Morgan fingerprint density at radius 1 is 1.27 bits per heavy atom. The van der Waals surface area contributed by atoms with Crippen LogP contribution in [0.4, 0.5) is 13.2 Å². The maximum absolute atomic E-state index is 12.1. The standard InChI is InChI=1S/C15H16F3NO3/c1-8-5-10-7-12(22-11(10)6-9(8)2)14(21)19-4-3-13(20)15(16,17)18/h5-7,13,20H,3-4H2,1-2H3,(H,19,21)/t13-/m1/s1. The maximum atomic E-state index is 12.1. The van der Waals surface area contributed by atoms with Crippen molar-refractivity contribution in [2.75, 3.05) is 6.54 Å².